The van der Waals surface area contributed by atoms with Gasteiger partial charge >= 0.3 is 5.97 Å². The molecule has 0 amide bonds. The molecule has 6 aliphatic rings. The number of methoxy groups -OCH3 is 3. The van der Waals surface area contributed by atoms with Crippen LogP contribution in [0.15, 0.2) is 4.99 Å². The first-order valence-corrected chi connectivity index (χ1v) is 11.8. The van der Waals surface area contributed by atoms with Crippen LogP contribution in [0, 0.1) is 40.4 Å². The van der Waals surface area contributed by atoms with Gasteiger partial charge in [-0.25, -0.2) is 0 Å². The summed E-state index contributed by atoms with van der Waals surface area (Å²) in [7, 11) is 5.30. The molecule has 1 heterocycles. The molecule has 31 heavy (non-hydrogen) atoms. The zero-order valence-electron chi connectivity index (χ0n) is 19.1. The number of esters is 1. The summed E-state index contributed by atoms with van der Waals surface area (Å²) in [6.45, 7) is 3.78. The van der Waals surface area contributed by atoms with Gasteiger partial charge in [0.1, 0.15) is 6.10 Å². The molecule has 0 aromatic carbocycles. The number of carbonyl (C=O) groups is 1. The maximum absolute atomic E-state index is 12.4. The number of aliphatic imine (C=N–C) groups is 1. The van der Waals surface area contributed by atoms with E-state index in [2.05, 4.69) is 13.1 Å². The first-order valence-electron chi connectivity index (χ1n) is 11.8. The van der Waals surface area contributed by atoms with Crippen molar-refractivity contribution in [2.45, 2.75) is 75.6 Å². The lowest BCUT2D eigenvalue weighted by Crippen LogP contribution is -2.70. The lowest BCUT2D eigenvalue weighted by Gasteiger charge is -2.64. The van der Waals surface area contributed by atoms with Gasteiger partial charge in [-0.05, 0) is 25.2 Å². The zero-order valence-corrected chi connectivity index (χ0v) is 19.1. The van der Waals surface area contributed by atoms with Gasteiger partial charge in [-0.15, -0.1) is 0 Å². The molecule has 0 radical (unpaired) electrons. The van der Waals surface area contributed by atoms with Crippen LogP contribution in [0.2, 0.25) is 0 Å². The van der Waals surface area contributed by atoms with Gasteiger partial charge in [-0.3, -0.25) is 9.79 Å². The molecular weight excluding hydrogens is 398 g/mol. The smallest absolute Gasteiger partial charge is 0.302 e. The fourth-order valence-corrected chi connectivity index (χ4v) is 10.0. The van der Waals surface area contributed by atoms with Gasteiger partial charge in [0.25, 0.3) is 0 Å². The van der Waals surface area contributed by atoms with Gasteiger partial charge in [0.05, 0.1) is 30.0 Å². The molecule has 7 bridgehead atoms. The van der Waals surface area contributed by atoms with Gasteiger partial charge in [0.2, 0.25) is 0 Å². The van der Waals surface area contributed by atoms with Crippen molar-refractivity contribution in [1.82, 2.24) is 0 Å². The highest BCUT2D eigenvalue weighted by molar-refractivity contribution is 5.71. The van der Waals surface area contributed by atoms with Crippen LogP contribution in [-0.2, 0) is 23.7 Å². The lowest BCUT2D eigenvalue weighted by molar-refractivity contribution is -0.241. The summed E-state index contributed by atoms with van der Waals surface area (Å²) in [5.74, 6) is 0.00850. The number of carbonyl (C=O) groups excluding carboxylic acids is 1. The van der Waals surface area contributed by atoms with Crippen LogP contribution >= 0.6 is 0 Å². The summed E-state index contributed by atoms with van der Waals surface area (Å²) < 4.78 is 24.8. The second-order valence-corrected chi connectivity index (χ2v) is 11.2. The second kappa shape index (κ2) is 6.31. The van der Waals surface area contributed by atoms with E-state index in [-0.39, 0.29) is 70.7 Å². The predicted molar refractivity (Wildman–Crippen MR) is 112 cm³/mol. The maximum atomic E-state index is 12.4. The van der Waals surface area contributed by atoms with Crippen molar-refractivity contribution in [1.29, 1.82) is 0 Å². The van der Waals surface area contributed by atoms with E-state index in [1.165, 1.54) is 6.92 Å². The third-order valence-corrected chi connectivity index (χ3v) is 10.6. The normalized spacial score (nSPS) is 60.2. The van der Waals surface area contributed by atoms with Crippen LogP contribution in [0.3, 0.4) is 0 Å². The van der Waals surface area contributed by atoms with Crippen LogP contribution in [0.25, 0.3) is 0 Å². The summed E-state index contributed by atoms with van der Waals surface area (Å²) in [5.41, 5.74) is -1.05. The molecule has 0 aromatic heterocycles. The Morgan fingerprint density at radius 1 is 1.19 bits per heavy atom. The predicted octanol–water partition coefficient (Wildman–Crippen LogP) is 1.85. The zero-order chi connectivity index (χ0) is 21.9. The highest BCUT2D eigenvalue weighted by Gasteiger charge is 2.85. The number of aliphatic hydroxyl groups excluding tert-OH is 1. The lowest BCUT2D eigenvalue weighted by atomic mass is 9.44. The molecule has 5 fully saturated rings. The topological polar surface area (TPSA) is 86.6 Å². The van der Waals surface area contributed by atoms with Gasteiger partial charge in [-0.1, -0.05) is 6.92 Å². The quantitative estimate of drug-likeness (QED) is 0.681. The molecule has 7 heteroatoms. The second-order valence-electron chi connectivity index (χ2n) is 11.2. The minimum atomic E-state index is -0.633. The fraction of sp³-hybridized carbons (Fsp3) is 0.917. The molecule has 13 atom stereocenters. The van der Waals surface area contributed by atoms with Crippen molar-refractivity contribution in [2.24, 2.45) is 45.4 Å². The van der Waals surface area contributed by atoms with Crippen molar-refractivity contribution in [3.8, 4) is 0 Å². The largest absolute Gasteiger partial charge is 0.462 e. The number of hydrogen-bond donors (Lipinski definition) is 1. The first kappa shape index (κ1) is 20.6. The molecule has 5 aliphatic carbocycles. The number of nitrogens with zero attached hydrogens (tertiary/aromatic N) is 1. The van der Waals surface area contributed by atoms with Crippen LogP contribution < -0.4 is 0 Å². The van der Waals surface area contributed by atoms with E-state index in [1.807, 2.05) is 7.11 Å². The number of fused-ring (bicyclic) bond motifs is 2. The van der Waals surface area contributed by atoms with Gasteiger partial charge in [0.15, 0.2) is 0 Å². The van der Waals surface area contributed by atoms with Gasteiger partial charge in [0, 0.05) is 75.4 Å². The Morgan fingerprint density at radius 2 is 1.97 bits per heavy atom. The summed E-state index contributed by atoms with van der Waals surface area (Å²) in [4.78, 5) is 17.6. The molecule has 0 saturated heterocycles. The molecule has 7 nitrogen and oxygen atoms in total. The van der Waals surface area contributed by atoms with E-state index in [0.29, 0.717) is 6.42 Å². The Morgan fingerprint density at radius 3 is 2.61 bits per heavy atom. The molecule has 172 valence electrons. The number of aliphatic hydroxyl groups is 1. The molecule has 0 aromatic rings. The SMILES string of the molecule is COC1CC2(OC)C3C(O)C1CC3C13C(OC)CCC4(C)C=NC1C2C(OC(C)=O)C43. The molecular formula is C24H35NO6. The summed E-state index contributed by atoms with van der Waals surface area (Å²) in [6.07, 6.45) is 4.81. The van der Waals surface area contributed by atoms with E-state index in [9.17, 15) is 9.90 Å². The number of hydrogen-bond acceptors (Lipinski definition) is 7. The Hall–Kier alpha value is -1.02. The van der Waals surface area contributed by atoms with Crippen molar-refractivity contribution in [3.05, 3.63) is 0 Å². The van der Waals surface area contributed by atoms with Crippen molar-refractivity contribution in [2.75, 3.05) is 21.3 Å². The van der Waals surface area contributed by atoms with Crippen molar-refractivity contribution in [3.63, 3.8) is 0 Å². The highest BCUT2D eigenvalue weighted by atomic mass is 16.6. The molecule has 6 rings (SSSR count). The van der Waals surface area contributed by atoms with Crippen LogP contribution in [0.5, 0.6) is 0 Å². The van der Waals surface area contributed by atoms with Gasteiger partial charge < -0.3 is 24.1 Å². The Kier molecular flexibility index (Phi) is 4.19. The van der Waals surface area contributed by atoms with Gasteiger partial charge in [-0.2, -0.15) is 0 Å². The van der Waals surface area contributed by atoms with E-state index in [0.717, 1.165) is 19.3 Å². The van der Waals surface area contributed by atoms with E-state index < -0.39 is 11.7 Å². The van der Waals surface area contributed by atoms with E-state index in [4.69, 9.17) is 23.9 Å². The third-order valence-electron chi connectivity index (χ3n) is 10.6. The molecule has 5 saturated carbocycles. The van der Waals surface area contributed by atoms with E-state index in [1.54, 1.807) is 14.2 Å². The Balaban J connectivity index is 1.64. The standard InChI is InChI=1S/C24H35NO6/c1-11(26)31-19-17-21-24(15(29-4)6-7-22(2,10-25-21)20(19)24)13-8-12-14(28-3)9-23(17,30-5)16(13)18(12)27/h10,12-21,27H,6-9H2,1-5H3. The monoisotopic (exact) mass is 433 g/mol. The summed E-state index contributed by atoms with van der Waals surface area (Å²) >= 11 is 0. The highest BCUT2D eigenvalue weighted by Crippen LogP contribution is 2.79. The number of ether oxygens (including phenoxy) is 4. The van der Waals surface area contributed by atoms with E-state index >= 15 is 0 Å². The molecule has 1 N–H and O–H groups in total. The van der Waals surface area contributed by atoms with Crippen LogP contribution in [0.1, 0.15) is 39.5 Å². The molecule has 1 spiro atoms. The number of rotatable bonds is 4. The Labute approximate surface area is 183 Å². The fourth-order valence-electron chi connectivity index (χ4n) is 10.0. The average Bonchev–Trinajstić information content (AvgIpc) is 3.10. The van der Waals surface area contributed by atoms with Crippen molar-refractivity contribution >= 4 is 12.2 Å². The van der Waals surface area contributed by atoms with Crippen molar-refractivity contribution < 1.29 is 28.8 Å². The first-order chi connectivity index (χ1) is 14.8. The Bertz CT molecular complexity index is 833. The molecule has 13 unspecified atom stereocenters. The minimum Gasteiger partial charge on any atom is -0.462 e. The average molecular weight is 434 g/mol. The molecule has 1 aliphatic heterocycles. The van der Waals surface area contributed by atoms with Crippen LogP contribution in [-0.4, -0.2) is 74.7 Å². The maximum Gasteiger partial charge on any atom is 0.302 e. The third kappa shape index (κ3) is 2.07. The minimum absolute atomic E-state index is 0.0218. The summed E-state index contributed by atoms with van der Waals surface area (Å²) in [5, 5.41) is 11.6. The van der Waals surface area contributed by atoms with Crippen LogP contribution in [0.4, 0.5) is 0 Å². The summed E-state index contributed by atoms with van der Waals surface area (Å²) in [6, 6.07) is -0.0390.